The molecule has 0 unspecified atom stereocenters. The second-order valence-electron chi connectivity index (χ2n) is 4.44. The van der Waals surface area contributed by atoms with Gasteiger partial charge in [-0.15, -0.1) is 0 Å². The minimum Gasteiger partial charge on any atom is -0.464 e. The Balaban J connectivity index is 2.28. The van der Waals surface area contributed by atoms with E-state index < -0.39 is 16.6 Å². The van der Waals surface area contributed by atoms with Crippen LogP contribution in [-0.2, 0) is 16.1 Å². The third-order valence-electron chi connectivity index (χ3n) is 2.91. The standard InChI is InChI=1S/C13H14N2O6/c1-2-3-6-20-12(16)8-14-10-7-9(15(18)19)4-5-11(10)21-13(14)17/h4-5,7H,2-3,6,8H2,1H3. The van der Waals surface area contributed by atoms with Crippen molar-refractivity contribution >= 4 is 22.8 Å². The van der Waals surface area contributed by atoms with Crippen LogP contribution in [0.2, 0.25) is 0 Å². The summed E-state index contributed by atoms with van der Waals surface area (Å²) in [5.41, 5.74) is 0.199. The maximum absolute atomic E-state index is 11.7. The largest absolute Gasteiger partial charge is 0.464 e. The lowest BCUT2D eigenvalue weighted by Crippen LogP contribution is -2.22. The topological polar surface area (TPSA) is 105 Å². The maximum atomic E-state index is 11.7. The fourth-order valence-corrected chi connectivity index (χ4v) is 1.82. The molecule has 0 saturated heterocycles. The molecule has 1 aromatic carbocycles. The van der Waals surface area contributed by atoms with Crippen LogP contribution in [0.15, 0.2) is 27.4 Å². The third-order valence-corrected chi connectivity index (χ3v) is 2.91. The highest BCUT2D eigenvalue weighted by atomic mass is 16.6. The molecule has 2 aromatic rings. The molecular weight excluding hydrogens is 280 g/mol. The van der Waals surface area contributed by atoms with Crippen LogP contribution in [0.1, 0.15) is 19.8 Å². The number of nitro benzene ring substituents is 1. The van der Waals surface area contributed by atoms with Crippen molar-refractivity contribution in [1.82, 2.24) is 4.57 Å². The van der Waals surface area contributed by atoms with Gasteiger partial charge in [0.2, 0.25) is 0 Å². The van der Waals surface area contributed by atoms with E-state index in [9.17, 15) is 19.7 Å². The van der Waals surface area contributed by atoms with Crippen LogP contribution in [-0.4, -0.2) is 22.1 Å². The number of non-ortho nitro benzene ring substituents is 1. The van der Waals surface area contributed by atoms with Crippen LogP contribution in [0.4, 0.5) is 5.69 Å². The van der Waals surface area contributed by atoms with Crippen molar-refractivity contribution in [3.63, 3.8) is 0 Å². The van der Waals surface area contributed by atoms with E-state index >= 15 is 0 Å². The molecule has 1 aromatic heterocycles. The SMILES string of the molecule is CCCCOC(=O)Cn1c(=O)oc2ccc([N+](=O)[O-])cc21. The number of benzene rings is 1. The molecule has 0 N–H and O–H groups in total. The van der Waals surface area contributed by atoms with Crippen molar-refractivity contribution < 1.29 is 18.9 Å². The van der Waals surface area contributed by atoms with Crippen molar-refractivity contribution in [2.45, 2.75) is 26.3 Å². The van der Waals surface area contributed by atoms with Crippen LogP contribution in [0.5, 0.6) is 0 Å². The number of nitrogens with zero attached hydrogens (tertiary/aromatic N) is 2. The van der Waals surface area contributed by atoms with Crippen LogP contribution < -0.4 is 5.76 Å². The van der Waals surface area contributed by atoms with Crippen LogP contribution >= 0.6 is 0 Å². The summed E-state index contributed by atoms with van der Waals surface area (Å²) in [5, 5.41) is 10.8. The summed E-state index contributed by atoms with van der Waals surface area (Å²) in [4.78, 5) is 33.5. The Hall–Kier alpha value is -2.64. The molecule has 0 amide bonds. The zero-order valence-electron chi connectivity index (χ0n) is 11.4. The Kier molecular flexibility index (Phi) is 4.36. The first-order chi connectivity index (χ1) is 10.0. The minimum atomic E-state index is -0.752. The Morgan fingerprint density at radius 2 is 2.24 bits per heavy atom. The van der Waals surface area contributed by atoms with Crippen LogP contribution in [0.25, 0.3) is 11.1 Å². The number of carbonyl (C=O) groups excluding carboxylic acids is 1. The van der Waals surface area contributed by atoms with E-state index in [4.69, 9.17) is 9.15 Å². The summed E-state index contributed by atoms with van der Waals surface area (Å²) < 4.78 is 10.9. The zero-order chi connectivity index (χ0) is 15.4. The van der Waals surface area contributed by atoms with Gasteiger partial charge in [-0.2, -0.15) is 0 Å². The monoisotopic (exact) mass is 294 g/mol. The lowest BCUT2D eigenvalue weighted by molar-refractivity contribution is -0.384. The Bertz CT molecular complexity index is 730. The smallest absolute Gasteiger partial charge is 0.420 e. The Morgan fingerprint density at radius 1 is 1.48 bits per heavy atom. The number of nitro groups is 1. The van der Waals surface area contributed by atoms with Gasteiger partial charge in [0, 0.05) is 12.1 Å². The summed E-state index contributed by atoms with van der Waals surface area (Å²) in [7, 11) is 0. The molecule has 1 heterocycles. The molecule has 0 aliphatic carbocycles. The van der Waals surface area contributed by atoms with Gasteiger partial charge in [0.1, 0.15) is 6.54 Å². The summed E-state index contributed by atoms with van der Waals surface area (Å²) in [6, 6.07) is 3.75. The van der Waals surface area contributed by atoms with E-state index in [0.29, 0.717) is 0 Å². The van der Waals surface area contributed by atoms with Gasteiger partial charge < -0.3 is 9.15 Å². The normalized spacial score (nSPS) is 10.7. The maximum Gasteiger partial charge on any atom is 0.420 e. The fraction of sp³-hybridized carbons (Fsp3) is 0.385. The van der Waals surface area contributed by atoms with Crippen molar-refractivity contribution in [1.29, 1.82) is 0 Å². The van der Waals surface area contributed by atoms with Crippen molar-refractivity contribution in [2.75, 3.05) is 6.61 Å². The van der Waals surface area contributed by atoms with Crippen molar-refractivity contribution in [3.05, 3.63) is 38.9 Å². The number of oxazole rings is 1. The van der Waals surface area contributed by atoms with Gasteiger partial charge in [-0.05, 0) is 12.5 Å². The first-order valence-electron chi connectivity index (χ1n) is 6.46. The van der Waals surface area contributed by atoms with Gasteiger partial charge in [-0.3, -0.25) is 19.5 Å². The van der Waals surface area contributed by atoms with Gasteiger partial charge in [-0.1, -0.05) is 13.3 Å². The minimum absolute atomic E-state index is 0.184. The number of esters is 1. The molecule has 112 valence electrons. The third kappa shape index (κ3) is 3.28. The number of hydrogen-bond acceptors (Lipinski definition) is 6. The zero-order valence-corrected chi connectivity index (χ0v) is 11.4. The molecular formula is C13H14N2O6. The van der Waals surface area contributed by atoms with E-state index in [2.05, 4.69) is 0 Å². The highest BCUT2D eigenvalue weighted by molar-refractivity contribution is 5.78. The number of hydrogen-bond donors (Lipinski definition) is 0. The Labute approximate surface area is 119 Å². The fourth-order valence-electron chi connectivity index (χ4n) is 1.82. The molecule has 0 atom stereocenters. The predicted molar refractivity (Wildman–Crippen MR) is 73.0 cm³/mol. The average Bonchev–Trinajstić information content (AvgIpc) is 2.74. The molecule has 0 saturated carbocycles. The molecule has 21 heavy (non-hydrogen) atoms. The number of fused-ring (bicyclic) bond motifs is 1. The van der Waals surface area contributed by atoms with Gasteiger partial charge in [0.25, 0.3) is 5.69 Å². The summed E-state index contributed by atoms with van der Waals surface area (Å²) in [6.45, 7) is 1.90. The molecule has 8 nitrogen and oxygen atoms in total. The molecule has 0 aliphatic rings. The number of rotatable bonds is 6. The number of unbranched alkanes of at least 4 members (excludes halogenated alkanes) is 1. The van der Waals surface area contributed by atoms with Gasteiger partial charge in [0.15, 0.2) is 5.58 Å². The second kappa shape index (κ2) is 6.21. The predicted octanol–water partition coefficient (Wildman–Crippen LogP) is 1.85. The summed E-state index contributed by atoms with van der Waals surface area (Å²) in [6.07, 6.45) is 1.62. The molecule has 0 fully saturated rings. The van der Waals surface area contributed by atoms with Crippen molar-refractivity contribution in [3.8, 4) is 0 Å². The average molecular weight is 294 g/mol. The van der Waals surface area contributed by atoms with Gasteiger partial charge in [-0.25, -0.2) is 4.79 Å². The van der Waals surface area contributed by atoms with Crippen LogP contribution in [0.3, 0.4) is 0 Å². The first-order valence-corrected chi connectivity index (χ1v) is 6.46. The summed E-state index contributed by atoms with van der Waals surface area (Å²) >= 11 is 0. The van der Waals surface area contributed by atoms with E-state index in [1.54, 1.807) is 0 Å². The van der Waals surface area contributed by atoms with Gasteiger partial charge >= 0.3 is 11.7 Å². The second-order valence-corrected chi connectivity index (χ2v) is 4.44. The van der Waals surface area contributed by atoms with Gasteiger partial charge in [0.05, 0.1) is 17.0 Å². The molecule has 2 rings (SSSR count). The van der Waals surface area contributed by atoms with E-state index in [0.717, 1.165) is 17.4 Å². The van der Waals surface area contributed by atoms with E-state index in [-0.39, 0.29) is 29.9 Å². The lowest BCUT2D eigenvalue weighted by atomic mass is 10.3. The lowest BCUT2D eigenvalue weighted by Gasteiger charge is -2.04. The number of ether oxygens (including phenoxy) is 1. The highest BCUT2D eigenvalue weighted by Crippen LogP contribution is 2.20. The Morgan fingerprint density at radius 3 is 2.90 bits per heavy atom. The quantitative estimate of drug-likeness (QED) is 0.348. The van der Waals surface area contributed by atoms with Crippen molar-refractivity contribution in [2.24, 2.45) is 0 Å². The first kappa shape index (κ1) is 14.8. The molecule has 0 spiro atoms. The molecule has 0 radical (unpaired) electrons. The van der Waals surface area contributed by atoms with Crippen LogP contribution in [0, 0.1) is 10.1 Å². The van der Waals surface area contributed by atoms with E-state index in [1.165, 1.54) is 18.2 Å². The molecule has 0 aliphatic heterocycles. The molecule has 0 bridgehead atoms. The number of carbonyl (C=O) groups is 1. The van der Waals surface area contributed by atoms with E-state index in [1.807, 2.05) is 6.92 Å². The molecule has 8 heteroatoms. The highest BCUT2D eigenvalue weighted by Gasteiger charge is 2.16. The summed E-state index contributed by atoms with van der Waals surface area (Å²) in [5.74, 6) is -1.34. The number of aromatic nitrogens is 1.